The molecule has 0 saturated carbocycles. The Balaban J connectivity index is 2.63. The van der Waals surface area contributed by atoms with Crippen molar-refractivity contribution >= 4 is 0 Å². The first-order valence-electron chi connectivity index (χ1n) is 5.49. The molecule has 0 radical (unpaired) electrons. The molecule has 2 atom stereocenters. The molecule has 18 heavy (non-hydrogen) atoms. The number of nitrogens with one attached hydrogen (secondary N) is 1. The van der Waals surface area contributed by atoms with E-state index in [4.69, 9.17) is 5.11 Å². The van der Waals surface area contributed by atoms with Gasteiger partial charge in [0.05, 0.1) is 0 Å². The van der Waals surface area contributed by atoms with Crippen molar-refractivity contribution in [2.75, 3.05) is 6.54 Å². The zero-order valence-corrected chi connectivity index (χ0v) is 10.1. The quantitative estimate of drug-likeness (QED) is 0.781. The van der Waals surface area contributed by atoms with Gasteiger partial charge in [-0.05, 0) is 25.5 Å². The van der Waals surface area contributed by atoms with Crippen molar-refractivity contribution in [2.24, 2.45) is 0 Å². The standard InChI is InChI=1S/C12H16F3NO2/c1-7-3-4-9(10(17)5-7)8(2)16-6-11(18)12(13,14)15/h3-5,8,11,16-18H,6H2,1-2H3. The first-order valence-corrected chi connectivity index (χ1v) is 5.49. The van der Waals surface area contributed by atoms with Crippen LogP contribution in [0, 0.1) is 6.92 Å². The molecular weight excluding hydrogens is 247 g/mol. The van der Waals surface area contributed by atoms with Crippen LogP contribution in [0.4, 0.5) is 13.2 Å². The van der Waals surface area contributed by atoms with Gasteiger partial charge in [-0.2, -0.15) is 13.2 Å². The van der Waals surface area contributed by atoms with E-state index in [1.54, 1.807) is 26.0 Å². The molecule has 0 fully saturated rings. The van der Waals surface area contributed by atoms with Gasteiger partial charge in [-0.3, -0.25) is 0 Å². The van der Waals surface area contributed by atoms with Crippen LogP contribution in [0.1, 0.15) is 24.1 Å². The van der Waals surface area contributed by atoms with E-state index in [0.29, 0.717) is 5.56 Å². The van der Waals surface area contributed by atoms with Gasteiger partial charge in [0.1, 0.15) is 5.75 Å². The number of alkyl halides is 3. The predicted molar refractivity (Wildman–Crippen MR) is 61.3 cm³/mol. The lowest BCUT2D eigenvalue weighted by atomic mass is 10.0. The minimum Gasteiger partial charge on any atom is -0.508 e. The zero-order valence-electron chi connectivity index (χ0n) is 10.1. The number of aryl methyl sites for hydroxylation is 1. The van der Waals surface area contributed by atoms with Crippen molar-refractivity contribution in [3.63, 3.8) is 0 Å². The van der Waals surface area contributed by atoms with Crippen molar-refractivity contribution in [1.29, 1.82) is 0 Å². The molecule has 1 aromatic carbocycles. The number of benzene rings is 1. The summed E-state index contributed by atoms with van der Waals surface area (Å²) in [6.07, 6.45) is -7.05. The number of aromatic hydroxyl groups is 1. The highest BCUT2D eigenvalue weighted by atomic mass is 19.4. The molecule has 102 valence electrons. The highest BCUT2D eigenvalue weighted by Gasteiger charge is 2.38. The molecule has 0 aliphatic carbocycles. The van der Waals surface area contributed by atoms with E-state index in [-0.39, 0.29) is 5.75 Å². The van der Waals surface area contributed by atoms with Crippen molar-refractivity contribution in [3.8, 4) is 5.75 Å². The van der Waals surface area contributed by atoms with Crippen molar-refractivity contribution in [3.05, 3.63) is 29.3 Å². The predicted octanol–water partition coefficient (Wildman–Crippen LogP) is 2.27. The highest BCUT2D eigenvalue weighted by Crippen LogP contribution is 2.25. The second kappa shape index (κ2) is 5.58. The first-order chi connectivity index (χ1) is 8.21. The summed E-state index contributed by atoms with van der Waals surface area (Å²) in [5.41, 5.74) is 1.36. The fraction of sp³-hybridized carbons (Fsp3) is 0.500. The van der Waals surface area contributed by atoms with Gasteiger partial charge in [0, 0.05) is 18.2 Å². The molecule has 0 amide bonds. The van der Waals surface area contributed by atoms with Gasteiger partial charge in [0.2, 0.25) is 0 Å². The van der Waals surface area contributed by atoms with E-state index in [1.807, 2.05) is 0 Å². The lowest BCUT2D eigenvalue weighted by molar-refractivity contribution is -0.202. The molecule has 0 aliphatic rings. The summed E-state index contributed by atoms with van der Waals surface area (Å²) in [5.74, 6) is 0.0245. The summed E-state index contributed by atoms with van der Waals surface area (Å²) >= 11 is 0. The molecule has 0 spiro atoms. The topological polar surface area (TPSA) is 52.5 Å². The Morgan fingerprint density at radius 2 is 1.94 bits per heavy atom. The van der Waals surface area contributed by atoms with Crippen LogP contribution in [0.3, 0.4) is 0 Å². The van der Waals surface area contributed by atoms with E-state index in [2.05, 4.69) is 5.32 Å². The summed E-state index contributed by atoms with van der Waals surface area (Å²) in [5, 5.41) is 21.0. The normalized spacial score (nSPS) is 15.4. The maximum atomic E-state index is 12.1. The molecule has 3 nitrogen and oxygen atoms in total. The average molecular weight is 263 g/mol. The fourth-order valence-electron chi connectivity index (χ4n) is 1.53. The van der Waals surface area contributed by atoms with E-state index < -0.39 is 24.9 Å². The minimum atomic E-state index is -4.64. The van der Waals surface area contributed by atoms with Crippen LogP contribution in [0.25, 0.3) is 0 Å². The van der Waals surface area contributed by atoms with E-state index in [9.17, 15) is 18.3 Å². The third-order valence-corrected chi connectivity index (χ3v) is 2.65. The van der Waals surface area contributed by atoms with Crippen LogP contribution in [0.15, 0.2) is 18.2 Å². The SMILES string of the molecule is Cc1ccc(C(C)NCC(O)C(F)(F)F)c(O)c1. The number of hydrogen-bond donors (Lipinski definition) is 3. The third kappa shape index (κ3) is 3.89. The smallest absolute Gasteiger partial charge is 0.415 e. The molecule has 0 saturated heterocycles. The van der Waals surface area contributed by atoms with Gasteiger partial charge in [0.15, 0.2) is 6.10 Å². The maximum Gasteiger partial charge on any atom is 0.415 e. The van der Waals surface area contributed by atoms with Gasteiger partial charge in [0.25, 0.3) is 0 Å². The van der Waals surface area contributed by atoms with Crippen LogP contribution in [-0.2, 0) is 0 Å². The van der Waals surface area contributed by atoms with Crippen LogP contribution in [0.2, 0.25) is 0 Å². The molecule has 1 rings (SSSR count). The Labute approximate surface area is 103 Å². The maximum absolute atomic E-state index is 12.1. The molecule has 0 bridgehead atoms. The number of rotatable bonds is 4. The number of aliphatic hydroxyl groups is 1. The summed E-state index contributed by atoms with van der Waals surface area (Å²) in [7, 11) is 0. The van der Waals surface area contributed by atoms with E-state index in [0.717, 1.165) is 5.56 Å². The van der Waals surface area contributed by atoms with Crippen LogP contribution < -0.4 is 5.32 Å². The van der Waals surface area contributed by atoms with Crippen LogP contribution in [-0.4, -0.2) is 29.0 Å². The molecule has 0 heterocycles. The van der Waals surface area contributed by atoms with E-state index >= 15 is 0 Å². The Morgan fingerprint density at radius 3 is 2.44 bits per heavy atom. The summed E-state index contributed by atoms with van der Waals surface area (Å²) in [6.45, 7) is 2.81. The lowest BCUT2D eigenvalue weighted by Gasteiger charge is -2.20. The Hall–Kier alpha value is -1.27. The zero-order chi connectivity index (χ0) is 13.9. The summed E-state index contributed by atoms with van der Waals surface area (Å²) in [4.78, 5) is 0. The average Bonchev–Trinajstić information content (AvgIpc) is 2.24. The summed E-state index contributed by atoms with van der Waals surface area (Å²) < 4.78 is 36.3. The van der Waals surface area contributed by atoms with Crippen LogP contribution >= 0.6 is 0 Å². The minimum absolute atomic E-state index is 0.0245. The number of halogens is 3. The van der Waals surface area contributed by atoms with E-state index in [1.165, 1.54) is 6.07 Å². The molecule has 3 N–H and O–H groups in total. The number of phenols is 1. The van der Waals surface area contributed by atoms with Crippen molar-refractivity contribution in [1.82, 2.24) is 5.32 Å². The van der Waals surface area contributed by atoms with Gasteiger partial charge in [-0.25, -0.2) is 0 Å². The summed E-state index contributed by atoms with van der Waals surface area (Å²) in [6, 6.07) is 4.45. The van der Waals surface area contributed by atoms with Crippen molar-refractivity contribution in [2.45, 2.75) is 32.2 Å². The number of aliphatic hydroxyl groups excluding tert-OH is 1. The number of phenolic OH excluding ortho intramolecular Hbond substituents is 1. The molecule has 2 unspecified atom stereocenters. The molecule has 6 heteroatoms. The first kappa shape index (κ1) is 14.8. The Morgan fingerprint density at radius 1 is 1.33 bits per heavy atom. The van der Waals surface area contributed by atoms with Gasteiger partial charge in [-0.15, -0.1) is 0 Å². The molecule has 0 aliphatic heterocycles. The fourth-order valence-corrected chi connectivity index (χ4v) is 1.53. The molecule has 0 aromatic heterocycles. The number of hydrogen-bond acceptors (Lipinski definition) is 3. The second-order valence-electron chi connectivity index (χ2n) is 4.25. The third-order valence-electron chi connectivity index (χ3n) is 2.65. The molecular formula is C12H16F3NO2. The largest absolute Gasteiger partial charge is 0.508 e. The van der Waals surface area contributed by atoms with Gasteiger partial charge < -0.3 is 15.5 Å². The molecule has 1 aromatic rings. The Kier molecular flexibility index (Phi) is 4.59. The highest BCUT2D eigenvalue weighted by molar-refractivity contribution is 5.37. The second-order valence-corrected chi connectivity index (χ2v) is 4.25. The van der Waals surface area contributed by atoms with Gasteiger partial charge >= 0.3 is 6.18 Å². The lowest BCUT2D eigenvalue weighted by Crippen LogP contribution is -2.39. The Bertz CT molecular complexity index is 407. The monoisotopic (exact) mass is 263 g/mol. The van der Waals surface area contributed by atoms with Gasteiger partial charge in [-0.1, -0.05) is 12.1 Å². The van der Waals surface area contributed by atoms with Crippen LogP contribution in [0.5, 0.6) is 5.75 Å². The van der Waals surface area contributed by atoms with Crippen molar-refractivity contribution < 1.29 is 23.4 Å².